The highest BCUT2D eigenvalue weighted by Gasteiger charge is 2.07. The lowest BCUT2D eigenvalue weighted by atomic mass is 10.3. The van der Waals surface area contributed by atoms with Gasteiger partial charge in [0.2, 0.25) is 0 Å². The third-order valence-corrected chi connectivity index (χ3v) is 1.77. The quantitative estimate of drug-likeness (QED) is 0.601. The van der Waals surface area contributed by atoms with Crippen LogP contribution in [0, 0.1) is 0 Å². The van der Waals surface area contributed by atoms with Crippen molar-refractivity contribution in [3.63, 3.8) is 0 Å². The molecule has 0 saturated heterocycles. The Labute approximate surface area is 73.2 Å². The highest BCUT2D eigenvalue weighted by atomic mass is 16.4. The van der Waals surface area contributed by atoms with Crippen molar-refractivity contribution in [1.82, 2.24) is 9.97 Å². The van der Waals surface area contributed by atoms with Crippen molar-refractivity contribution < 1.29 is 9.90 Å². The second-order valence-corrected chi connectivity index (χ2v) is 2.64. The number of hydrogen-bond acceptors (Lipinski definition) is 3. The predicted octanol–water partition coefficient (Wildman–Crippen LogP) is 0.843. The Morgan fingerprint density at radius 1 is 1.54 bits per heavy atom. The molecule has 2 heterocycles. The van der Waals surface area contributed by atoms with Gasteiger partial charge in [-0.2, -0.15) is 0 Å². The molecule has 0 amide bonds. The lowest BCUT2D eigenvalue weighted by Gasteiger charge is -1.94. The minimum Gasteiger partial charge on any atom is -0.477 e. The summed E-state index contributed by atoms with van der Waals surface area (Å²) >= 11 is 0. The summed E-state index contributed by atoms with van der Waals surface area (Å²) in [6.07, 6.45) is 1.59. The molecule has 0 atom stereocenters. The van der Waals surface area contributed by atoms with E-state index >= 15 is 0 Å². The molecule has 5 nitrogen and oxygen atoms in total. The highest BCUT2D eigenvalue weighted by Crippen LogP contribution is 2.17. The zero-order valence-electron chi connectivity index (χ0n) is 6.61. The van der Waals surface area contributed by atoms with Gasteiger partial charge in [0.1, 0.15) is 11.2 Å². The Morgan fingerprint density at radius 2 is 2.31 bits per heavy atom. The molecule has 0 aliphatic carbocycles. The van der Waals surface area contributed by atoms with Crippen molar-refractivity contribution in [2.75, 3.05) is 5.73 Å². The third kappa shape index (κ3) is 1.10. The molecule has 66 valence electrons. The number of rotatable bonds is 1. The summed E-state index contributed by atoms with van der Waals surface area (Å²) in [6, 6.07) is 3.07. The van der Waals surface area contributed by atoms with Crippen LogP contribution >= 0.6 is 0 Å². The summed E-state index contributed by atoms with van der Waals surface area (Å²) in [4.78, 5) is 17.3. The number of carboxylic acids is 1. The molecule has 0 aliphatic rings. The van der Waals surface area contributed by atoms with Gasteiger partial charge in [-0.05, 0) is 12.1 Å². The lowest BCUT2D eigenvalue weighted by molar-refractivity contribution is 0.0691. The maximum absolute atomic E-state index is 10.6. The molecule has 0 unspecified atom stereocenters. The van der Waals surface area contributed by atoms with Gasteiger partial charge in [0.25, 0.3) is 0 Å². The number of fused-ring (bicyclic) bond motifs is 1. The number of pyridine rings is 1. The Hall–Kier alpha value is -2.04. The van der Waals surface area contributed by atoms with Gasteiger partial charge in [0.15, 0.2) is 0 Å². The number of nitrogens with zero attached hydrogens (tertiary/aromatic N) is 1. The molecule has 0 bridgehead atoms. The predicted molar refractivity (Wildman–Crippen MR) is 47.5 cm³/mol. The molecule has 0 fully saturated rings. The second-order valence-electron chi connectivity index (χ2n) is 2.64. The Morgan fingerprint density at radius 3 is 3.00 bits per heavy atom. The maximum Gasteiger partial charge on any atom is 0.354 e. The minimum absolute atomic E-state index is 0.00111. The number of carbonyl (C=O) groups is 1. The van der Waals surface area contributed by atoms with Crippen LogP contribution in [0.15, 0.2) is 18.3 Å². The van der Waals surface area contributed by atoms with Crippen LogP contribution < -0.4 is 5.73 Å². The van der Waals surface area contributed by atoms with E-state index in [1.165, 1.54) is 6.07 Å². The van der Waals surface area contributed by atoms with Crippen molar-refractivity contribution >= 4 is 22.7 Å². The number of aromatic carboxylic acids is 1. The zero-order valence-corrected chi connectivity index (χ0v) is 6.61. The smallest absolute Gasteiger partial charge is 0.354 e. The molecule has 0 saturated carbocycles. The number of carboxylic acid groups (broad SMARTS) is 1. The first kappa shape index (κ1) is 7.60. The standard InChI is InChI=1S/C8H7N3O2/c9-4-3-10-5-1-2-6(8(12)13)11-7(4)5/h1-3,10H,9H2,(H,12,13). The fourth-order valence-corrected chi connectivity index (χ4v) is 1.14. The molecule has 0 aromatic carbocycles. The number of hydrogen-bond donors (Lipinski definition) is 3. The van der Waals surface area contributed by atoms with Crippen LogP contribution in [0.25, 0.3) is 11.0 Å². The number of aromatic nitrogens is 2. The molecule has 0 radical (unpaired) electrons. The van der Waals surface area contributed by atoms with E-state index in [1.807, 2.05) is 0 Å². The normalized spacial score (nSPS) is 10.5. The second kappa shape index (κ2) is 2.48. The van der Waals surface area contributed by atoms with Gasteiger partial charge in [-0.25, -0.2) is 9.78 Å². The van der Waals surface area contributed by atoms with Gasteiger partial charge in [-0.3, -0.25) is 0 Å². The van der Waals surface area contributed by atoms with Crippen molar-refractivity contribution in [3.05, 3.63) is 24.0 Å². The highest BCUT2D eigenvalue weighted by molar-refractivity contribution is 5.93. The van der Waals surface area contributed by atoms with Gasteiger partial charge < -0.3 is 15.8 Å². The summed E-state index contributed by atoms with van der Waals surface area (Å²) < 4.78 is 0. The van der Waals surface area contributed by atoms with E-state index in [4.69, 9.17) is 10.8 Å². The summed E-state index contributed by atoms with van der Waals surface area (Å²) in [7, 11) is 0. The number of nitrogens with one attached hydrogen (secondary N) is 1. The molecular formula is C8H7N3O2. The Kier molecular flexibility index (Phi) is 1.45. The summed E-state index contributed by atoms with van der Waals surface area (Å²) in [5, 5.41) is 8.66. The first-order valence-electron chi connectivity index (χ1n) is 3.65. The van der Waals surface area contributed by atoms with Crippen LogP contribution in [0.2, 0.25) is 0 Å². The van der Waals surface area contributed by atoms with Gasteiger partial charge in [0.05, 0.1) is 11.2 Å². The van der Waals surface area contributed by atoms with Crippen molar-refractivity contribution in [1.29, 1.82) is 0 Å². The van der Waals surface area contributed by atoms with E-state index in [0.29, 0.717) is 11.2 Å². The van der Waals surface area contributed by atoms with E-state index in [9.17, 15) is 4.79 Å². The van der Waals surface area contributed by atoms with E-state index < -0.39 is 5.97 Å². The van der Waals surface area contributed by atoms with Crippen LogP contribution in [0.3, 0.4) is 0 Å². The number of H-pyrrole nitrogens is 1. The number of nitrogens with two attached hydrogens (primary N) is 1. The van der Waals surface area contributed by atoms with Crippen molar-refractivity contribution in [3.8, 4) is 0 Å². The summed E-state index contributed by atoms with van der Waals surface area (Å²) in [6.45, 7) is 0. The van der Waals surface area contributed by atoms with Crippen molar-refractivity contribution in [2.45, 2.75) is 0 Å². The number of nitrogen functional groups attached to an aromatic ring is 1. The summed E-state index contributed by atoms with van der Waals surface area (Å²) in [5.41, 5.74) is 7.25. The average molecular weight is 177 g/mol. The van der Waals surface area contributed by atoms with Crippen LogP contribution in [-0.2, 0) is 0 Å². The van der Waals surface area contributed by atoms with Gasteiger partial charge in [-0.15, -0.1) is 0 Å². The van der Waals surface area contributed by atoms with Crippen LogP contribution in [0.1, 0.15) is 10.5 Å². The molecule has 5 heteroatoms. The largest absolute Gasteiger partial charge is 0.477 e. The van der Waals surface area contributed by atoms with Crippen LogP contribution in [0.4, 0.5) is 5.69 Å². The SMILES string of the molecule is Nc1c[nH]c2ccc(C(=O)O)nc12. The maximum atomic E-state index is 10.6. The fourth-order valence-electron chi connectivity index (χ4n) is 1.14. The topological polar surface area (TPSA) is 92.0 Å². The number of anilines is 1. The summed E-state index contributed by atoms with van der Waals surface area (Å²) in [5.74, 6) is -1.05. The average Bonchev–Trinajstić information content (AvgIpc) is 2.47. The monoisotopic (exact) mass is 177 g/mol. The number of aromatic amines is 1. The third-order valence-electron chi connectivity index (χ3n) is 1.77. The molecular weight excluding hydrogens is 170 g/mol. The molecule has 2 rings (SSSR count). The fraction of sp³-hybridized carbons (Fsp3) is 0. The van der Waals surface area contributed by atoms with Gasteiger partial charge in [0, 0.05) is 6.20 Å². The van der Waals surface area contributed by atoms with E-state index in [-0.39, 0.29) is 5.69 Å². The van der Waals surface area contributed by atoms with Gasteiger partial charge >= 0.3 is 5.97 Å². The van der Waals surface area contributed by atoms with Crippen LogP contribution in [0.5, 0.6) is 0 Å². The molecule has 4 N–H and O–H groups in total. The minimum atomic E-state index is -1.05. The van der Waals surface area contributed by atoms with E-state index in [2.05, 4.69) is 9.97 Å². The molecule has 0 aliphatic heterocycles. The lowest BCUT2D eigenvalue weighted by Crippen LogP contribution is -1.99. The van der Waals surface area contributed by atoms with Crippen molar-refractivity contribution in [2.24, 2.45) is 0 Å². The molecule has 2 aromatic rings. The van der Waals surface area contributed by atoms with Crippen LogP contribution in [-0.4, -0.2) is 21.0 Å². The van der Waals surface area contributed by atoms with E-state index in [1.54, 1.807) is 12.3 Å². The first-order valence-corrected chi connectivity index (χ1v) is 3.65. The van der Waals surface area contributed by atoms with Gasteiger partial charge in [-0.1, -0.05) is 0 Å². The Bertz CT molecular complexity index is 475. The Balaban J connectivity index is 2.72. The first-order chi connectivity index (χ1) is 6.18. The zero-order chi connectivity index (χ0) is 9.42. The van der Waals surface area contributed by atoms with E-state index in [0.717, 1.165) is 5.52 Å². The molecule has 0 spiro atoms. The molecule has 2 aromatic heterocycles. The molecule has 13 heavy (non-hydrogen) atoms.